The van der Waals surface area contributed by atoms with E-state index in [2.05, 4.69) is 54.6 Å². The molecule has 5 aromatic rings. The molecule has 0 amide bonds. The Labute approximate surface area is 213 Å². The summed E-state index contributed by atoms with van der Waals surface area (Å²) in [6.07, 6.45) is 0. The van der Waals surface area contributed by atoms with Crippen molar-refractivity contribution in [3.05, 3.63) is 103 Å². The van der Waals surface area contributed by atoms with Crippen molar-refractivity contribution in [1.29, 1.82) is 0 Å². The van der Waals surface area contributed by atoms with Crippen LogP contribution in [-0.4, -0.2) is 18.3 Å². The third-order valence-electron chi connectivity index (χ3n) is 7.36. The smallest absolute Gasteiger partial charge is 0.399 e. The second kappa shape index (κ2) is 8.08. The Morgan fingerprint density at radius 2 is 1.31 bits per heavy atom. The summed E-state index contributed by atoms with van der Waals surface area (Å²) in [4.78, 5) is 0. The molecule has 0 unspecified atom stereocenters. The Hall–Kier alpha value is -3.40. The minimum absolute atomic E-state index is 0.00812. The minimum atomic E-state index is -0.956. The van der Waals surface area contributed by atoms with E-state index in [4.69, 9.17) is 14.8 Å². The van der Waals surface area contributed by atoms with Gasteiger partial charge in [-0.1, -0.05) is 90.9 Å². The average Bonchev–Trinajstić information content (AvgIpc) is 3.12. The summed E-state index contributed by atoms with van der Waals surface area (Å²) in [7, 11) is -0.956. The highest BCUT2D eigenvalue weighted by Crippen LogP contribution is 2.37. The molecule has 0 saturated carbocycles. The molecule has 172 valence electrons. The van der Waals surface area contributed by atoms with Crippen molar-refractivity contribution in [3.8, 4) is 22.3 Å². The van der Waals surface area contributed by atoms with Crippen LogP contribution in [-0.2, 0) is 9.31 Å². The van der Waals surface area contributed by atoms with E-state index in [1.54, 1.807) is 0 Å². The van der Waals surface area contributed by atoms with Gasteiger partial charge in [-0.05, 0) is 89.1 Å². The zero-order valence-corrected chi connectivity index (χ0v) is 20.4. The van der Waals surface area contributed by atoms with E-state index in [9.17, 15) is 0 Å². The van der Waals surface area contributed by atoms with Crippen LogP contribution in [0.15, 0.2) is 103 Å². The largest absolute Gasteiger partial charge is 0.494 e. The second-order valence-electron chi connectivity index (χ2n) is 10.2. The number of hydrogen-bond donors (Lipinski definition) is 0. The summed E-state index contributed by atoms with van der Waals surface area (Å²) in [5.74, 6) is 0. The van der Waals surface area contributed by atoms with Crippen molar-refractivity contribution in [2.75, 3.05) is 0 Å². The number of benzene rings is 5. The molecule has 1 fully saturated rings. The molecule has 0 aromatic heterocycles. The van der Waals surface area contributed by atoms with E-state index in [0.29, 0.717) is 11.1 Å². The molecule has 1 heterocycles. The van der Waals surface area contributed by atoms with Gasteiger partial charge in [-0.15, -0.1) is 0 Å². The molecular weight excluding hydrogens is 427 g/mol. The fraction of sp³-hybridized carbons (Fsp3) is 0.188. The highest BCUT2D eigenvalue weighted by atomic mass is 16.7. The van der Waals surface area contributed by atoms with Gasteiger partial charge in [0.1, 0.15) is 0 Å². The van der Waals surface area contributed by atoms with E-state index >= 15 is 0 Å². The van der Waals surface area contributed by atoms with Gasteiger partial charge >= 0.3 is 7.12 Å². The molecule has 1 saturated heterocycles. The van der Waals surface area contributed by atoms with E-state index in [1.165, 1.54) is 10.8 Å². The van der Waals surface area contributed by atoms with Crippen LogP contribution in [0.1, 0.15) is 33.2 Å². The molecule has 2 nitrogen and oxygen atoms in total. The predicted octanol–water partition coefficient (Wildman–Crippen LogP) is 7.63. The lowest BCUT2D eigenvalue weighted by molar-refractivity contribution is 0.00578. The van der Waals surface area contributed by atoms with Crippen LogP contribution in [0.3, 0.4) is 0 Å². The van der Waals surface area contributed by atoms with Crippen molar-refractivity contribution in [1.82, 2.24) is 0 Å². The zero-order chi connectivity index (χ0) is 27.7. The van der Waals surface area contributed by atoms with Crippen LogP contribution in [0.5, 0.6) is 0 Å². The molecule has 0 aliphatic carbocycles. The zero-order valence-electron chi connectivity index (χ0n) is 24.4. The third kappa shape index (κ3) is 3.85. The first kappa shape index (κ1) is 18.0. The average molecular weight is 460 g/mol. The van der Waals surface area contributed by atoms with Crippen molar-refractivity contribution in [3.63, 3.8) is 0 Å². The highest BCUT2D eigenvalue weighted by molar-refractivity contribution is 6.62. The number of rotatable bonds is 3. The Morgan fingerprint density at radius 3 is 2.09 bits per heavy atom. The van der Waals surface area contributed by atoms with Gasteiger partial charge in [-0.25, -0.2) is 0 Å². The Bertz CT molecular complexity index is 1760. The van der Waals surface area contributed by atoms with Gasteiger partial charge in [0.05, 0.1) is 16.7 Å². The van der Waals surface area contributed by atoms with Crippen molar-refractivity contribution < 1.29 is 14.8 Å². The van der Waals surface area contributed by atoms with E-state index in [0.717, 1.165) is 21.9 Å². The summed E-state index contributed by atoms with van der Waals surface area (Å²) in [5.41, 5.74) is 2.13. The van der Waals surface area contributed by atoms with Crippen molar-refractivity contribution in [2.24, 2.45) is 0 Å². The molecule has 0 N–H and O–H groups in total. The summed E-state index contributed by atoms with van der Waals surface area (Å²) in [6.45, 7) is 7.66. The molecule has 5 aromatic carbocycles. The Balaban J connectivity index is 1.46. The summed E-state index contributed by atoms with van der Waals surface area (Å²) >= 11 is 0. The van der Waals surface area contributed by atoms with Crippen LogP contribution >= 0.6 is 0 Å². The fourth-order valence-electron chi connectivity index (χ4n) is 4.63. The number of fused-ring (bicyclic) bond motifs is 2. The minimum Gasteiger partial charge on any atom is -0.399 e. The molecule has 1 aliphatic rings. The van der Waals surface area contributed by atoms with Crippen LogP contribution in [0.2, 0.25) is 0 Å². The topological polar surface area (TPSA) is 18.5 Å². The molecule has 6 rings (SSSR count). The normalized spacial score (nSPS) is 18.3. The van der Waals surface area contributed by atoms with Crippen LogP contribution in [0.4, 0.5) is 0 Å². The van der Waals surface area contributed by atoms with Crippen molar-refractivity contribution in [2.45, 2.75) is 38.9 Å². The quantitative estimate of drug-likeness (QED) is 0.258. The standard InChI is InChI=1S/C32H29BO2/c1-31(2)32(3,4)35-33(34-31)28-12-7-11-23(21-28)24-15-16-26-20-27(18-17-25(26)19-24)30-14-8-10-22-9-5-6-13-29(22)30/h5-21H,1-4H3/i7D,11D,12D,21D. The first-order valence-electron chi connectivity index (χ1n) is 14.0. The Kier molecular flexibility index (Phi) is 4.15. The molecule has 0 radical (unpaired) electrons. The van der Waals surface area contributed by atoms with Gasteiger partial charge in [-0.3, -0.25) is 0 Å². The van der Waals surface area contributed by atoms with E-state index < -0.39 is 18.3 Å². The summed E-state index contributed by atoms with van der Waals surface area (Å²) in [5, 5.41) is 4.39. The third-order valence-corrected chi connectivity index (χ3v) is 7.36. The van der Waals surface area contributed by atoms with E-state index in [-0.39, 0.29) is 29.6 Å². The van der Waals surface area contributed by atoms with E-state index in [1.807, 2.05) is 52.0 Å². The fourth-order valence-corrected chi connectivity index (χ4v) is 4.63. The second-order valence-corrected chi connectivity index (χ2v) is 10.2. The molecule has 0 bridgehead atoms. The first-order chi connectivity index (χ1) is 18.5. The predicted molar refractivity (Wildman–Crippen MR) is 148 cm³/mol. The first-order valence-corrected chi connectivity index (χ1v) is 12.0. The maximum Gasteiger partial charge on any atom is 0.494 e. The maximum absolute atomic E-state index is 9.03. The Morgan fingerprint density at radius 1 is 0.657 bits per heavy atom. The lowest BCUT2D eigenvalue weighted by atomic mass is 9.78. The van der Waals surface area contributed by atoms with Gasteiger partial charge in [0, 0.05) is 0 Å². The highest BCUT2D eigenvalue weighted by Gasteiger charge is 2.51. The van der Waals surface area contributed by atoms with Crippen LogP contribution in [0.25, 0.3) is 43.8 Å². The molecule has 35 heavy (non-hydrogen) atoms. The number of hydrogen-bond acceptors (Lipinski definition) is 2. The van der Waals surface area contributed by atoms with Gasteiger partial charge in [0.15, 0.2) is 0 Å². The van der Waals surface area contributed by atoms with Crippen LogP contribution < -0.4 is 5.46 Å². The molecule has 3 heteroatoms. The van der Waals surface area contributed by atoms with Gasteiger partial charge < -0.3 is 9.31 Å². The SMILES string of the molecule is [2H]c1c([2H])c(B2OC(C)(C)C(C)(C)O2)c([2H])c(-c2ccc3cc(-c4cccc5ccccc45)ccc3c2)c1[2H]. The van der Waals surface area contributed by atoms with Crippen molar-refractivity contribution >= 4 is 34.1 Å². The molecule has 1 aliphatic heterocycles. The van der Waals surface area contributed by atoms with Gasteiger partial charge in [-0.2, -0.15) is 0 Å². The lowest BCUT2D eigenvalue weighted by Gasteiger charge is -2.32. The lowest BCUT2D eigenvalue weighted by Crippen LogP contribution is -2.41. The van der Waals surface area contributed by atoms with Gasteiger partial charge in [0.25, 0.3) is 0 Å². The molecule has 0 atom stereocenters. The summed E-state index contributed by atoms with van der Waals surface area (Å²) in [6, 6.07) is 26.2. The monoisotopic (exact) mass is 460 g/mol. The van der Waals surface area contributed by atoms with Crippen LogP contribution in [0, 0.1) is 0 Å². The molecule has 0 spiro atoms. The maximum atomic E-state index is 9.03. The molecular formula is C32H29BO2. The van der Waals surface area contributed by atoms with Gasteiger partial charge in [0.2, 0.25) is 0 Å². The summed E-state index contributed by atoms with van der Waals surface area (Å²) < 4.78 is 47.1.